The van der Waals surface area contributed by atoms with Crippen molar-refractivity contribution in [2.45, 2.75) is 37.8 Å². The number of hydrogen-bond donors (Lipinski definition) is 2. The van der Waals surface area contributed by atoms with Gasteiger partial charge < -0.3 is 10.6 Å². The van der Waals surface area contributed by atoms with Crippen LogP contribution in [0.25, 0.3) is 0 Å². The second kappa shape index (κ2) is 9.50. The number of carbonyl (C=O) groups is 2. The molecule has 0 saturated carbocycles. The van der Waals surface area contributed by atoms with Crippen LogP contribution in [0.4, 0.5) is 8.78 Å². The van der Waals surface area contributed by atoms with Gasteiger partial charge in [-0.15, -0.1) is 11.8 Å². The minimum absolute atomic E-state index is 0.0445. The molecule has 0 saturated heterocycles. The number of amides is 2. The van der Waals surface area contributed by atoms with E-state index in [1.807, 2.05) is 13.8 Å². The van der Waals surface area contributed by atoms with Gasteiger partial charge in [0.15, 0.2) is 0 Å². The molecular formula is C20H22F2N2O2S. The normalized spacial score (nSPS) is 11.9. The van der Waals surface area contributed by atoms with Gasteiger partial charge in [0, 0.05) is 22.6 Å². The zero-order chi connectivity index (χ0) is 20.0. The van der Waals surface area contributed by atoms with Gasteiger partial charge in [0.1, 0.15) is 11.6 Å². The van der Waals surface area contributed by atoms with Crippen LogP contribution in [0.3, 0.4) is 0 Å². The van der Waals surface area contributed by atoms with E-state index in [0.29, 0.717) is 10.5 Å². The van der Waals surface area contributed by atoms with Crippen molar-refractivity contribution in [2.24, 2.45) is 0 Å². The molecule has 2 rings (SSSR count). The second-order valence-electron chi connectivity index (χ2n) is 6.37. The summed E-state index contributed by atoms with van der Waals surface area (Å²) in [5, 5.41) is 5.51. The maximum Gasteiger partial charge on any atom is 0.252 e. The first kappa shape index (κ1) is 20.9. The number of rotatable bonds is 7. The molecule has 0 heterocycles. The molecule has 0 aromatic heterocycles. The highest BCUT2D eigenvalue weighted by molar-refractivity contribution is 8.00. The lowest BCUT2D eigenvalue weighted by Gasteiger charge is -2.17. The van der Waals surface area contributed by atoms with Crippen LogP contribution >= 0.6 is 11.8 Å². The van der Waals surface area contributed by atoms with Gasteiger partial charge in [0.2, 0.25) is 5.91 Å². The first-order valence-corrected chi connectivity index (χ1v) is 9.53. The van der Waals surface area contributed by atoms with Gasteiger partial charge in [0.05, 0.1) is 17.4 Å². The zero-order valence-electron chi connectivity index (χ0n) is 15.4. The lowest BCUT2D eigenvalue weighted by molar-refractivity contribution is -0.119. The van der Waals surface area contributed by atoms with E-state index >= 15 is 0 Å². The molecule has 2 aromatic rings. The highest BCUT2D eigenvalue weighted by Crippen LogP contribution is 2.24. The van der Waals surface area contributed by atoms with E-state index in [2.05, 4.69) is 10.6 Å². The highest BCUT2D eigenvalue weighted by atomic mass is 32.2. The molecule has 0 radical (unpaired) electrons. The van der Waals surface area contributed by atoms with Crippen LogP contribution in [-0.2, 0) is 4.79 Å². The predicted octanol–water partition coefficient (Wildman–Crippen LogP) is 4.07. The van der Waals surface area contributed by atoms with Crippen LogP contribution in [0, 0.1) is 11.6 Å². The number of carbonyl (C=O) groups excluding carboxylic acids is 2. The van der Waals surface area contributed by atoms with Crippen LogP contribution in [0.1, 0.15) is 42.7 Å². The Morgan fingerprint density at radius 3 is 2.41 bits per heavy atom. The van der Waals surface area contributed by atoms with E-state index in [-0.39, 0.29) is 23.3 Å². The molecule has 0 aliphatic rings. The third-order valence-electron chi connectivity index (χ3n) is 3.72. The van der Waals surface area contributed by atoms with Gasteiger partial charge in [-0.3, -0.25) is 9.59 Å². The third-order valence-corrected chi connectivity index (χ3v) is 4.79. The molecule has 0 aliphatic carbocycles. The molecule has 0 spiro atoms. The average molecular weight is 392 g/mol. The van der Waals surface area contributed by atoms with Gasteiger partial charge in [-0.25, -0.2) is 8.78 Å². The maximum atomic E-state index is 13.9. The number of nitrogens with one attached hydrogen (secondary N) is 2. The molecule has 0 aliphatic heterocycles. The Labute approximate surface area is 161 Å². The summed E-state index contributed by atoms with van der Waals surface area (Å²) in [5.41, 5.74) is 0.598. The maximum absolute atomic E-state index is 13.9. The number of hydrogen-bond acceptors (Lipinski definition) is 3. The molecule has 4 nitrogen and oxygen atoms in total. The molecule has 1 unspecified atom stereocenters. The van der Waals surface area contributed by atoms with E-state index in [1.54, 1.807) is 31.2 Å². The first-order chi connectivity index (χ1) is 12.8. The Hall–Kier alpha value is -2.41. The summed E-state index contributed by atoms with van der Waals surface area (Å²) in [6, 6.07) is 9.55. The fourth-order valence-corrected chi connectivity index (χ4v) is 3.35. The molecule has 2 aromatic carbocycles. The number of halogens is 2. The van der Waals surface area contributed by atoms with Crippen LogP contribution < -0.4 is 10.6 Å². The van der Waals surface area contributed by atoms with Gasteiger partial charge in [-0.2, -0.15) is 0 Å². The van der Waals surface area contributed by atoms with E-state index in [1.165, 1.54) is 17.8 Å². The minimum Gasteiger partial charge on any atom is -0.353 e. The largest absolute Gasteiger partial charge is 0.353 e. The van der Waals surface area contributed by atoms with Crippen molar-refractivity contribution in [3.8, 4) is 0 Å². The lowest BCUT2D eigenvalue weighted by atomic mass is 10.1. The van der Waals surface area contributed by atoms with Crippen LogP contribution in [0.15, 0.2) is 47.4 Å². The third kappa shape index (κ3) is 6.06. The van der Waals surface area contributed by atoms with Crippen LogP contribution in [-0.4, -0.2) is 23.6 Å². The van der Waals surface area contributed by atoms with Crippen molar-refractivity contribution >= 4 is 23.6 Å². The van der Waals surface area contributed by atoms with E-state index in [4.69, 9.17) is 0 Å². The first-order valence-electron chi connectivity index (χ1n) is 8.55. The van der Waals surface area contributed by atoms with Crippen molar-refractivity contribution < 1.29 is 18.4 Å². The van der Waals surface area contributed by atoms with Crippen LogP contribution in [0.2, 0.25) is 0 Å². The Kier molecular flexibility index (Phi) is 7.36. The summed E-state index contributed by atoms with van der Waals surface area (Å²) in [6.07, 6.45) is 0. The van der Waals surface area contributed by atoms with Crippen molar-refractivity contribution in [2.75, 3.05) is 5.75 Å². The molecular weight excluding hydrogens is 370 g/mol. The molecule has 1 atom stereocenters. The number of thioether (sulfide) groups is 1. The Morgan fingerprint density at radius 2 is 1.74 bits per heavy atom. The standard InChI is InChI=1S/C20H22F2N2O2S/c1-12(2)23-19(25)11-27-18-7-5-4-6-16(18)20(26)24-13(3)15-9-8-14(21)10-17(15)22/h4-10,12-13H,11H2,1-3H3,(H,23,25)(H,24,26). The molecule has 2 N–H and O–H groups in total. The molecule has 7 heteroatoms. The summed E-state index contributed by atoms with van der Waals surface area (Å²) in [7, 11) is 0. The SMILES string of the molecule is CC(C)NC(=O)CSc1ccccc1C(=O)NC(C)c1ccc(F)cc1F. The quantitative estimate of drug-likeness (QED) is 0.699. The topological polar surface area (TPSA) is 58.2 Å². The molecule has 2 amide bonds. The Balaban J connectivity index is 2.08. The van der Waals surface area contributed by atoms with E-state index in [0.717, 1.165) is 12.1 Å². The van der Waals surface area contributed by atoms with Crippen molar-refractivity contribution in [1.29, 1.82) is 0 Å². The van der Waals surface area contributed by atoms with Crippen molar-refractivity contribution in [3.05, 3.63) is 65.2 Å². The van der Waals surface area contributed by atoms with Crippen molar-refractivity contribution in [1.82, 2.24) is 10.6 Å². The fraction of sp³-hybridized carbons (Fsp3) is 0.300. The van der Waals surface area contributed by atoms with Gasteiger partial charge in [-0.05, 0) is 39.0 Å². The molecule has 0 fully saturated rings. The predicted molar refractivity (Wildman–Crippen MR) is 103 cm³/mol. The molecule has 0 bridgehead atoms. The smallest absolute Gasteiger partial charge is 0.252 e. The molecule has 27 heavy (non-hydrogen) atoms. The summed E-state index contributed by atoms with van der Waals surface area (Å²) >= 11 is 1.26. The minimum atomic E-state index is -0.712. The summed E-state index contributed by atoms with van der Waals surface area (Å²) < 4.78 is 27.0. The summed E-state index contributed by atoms with van der Waals surface area (Å²) in [5.74, 6) is -1.71. The average Bonchev–Trinajstić information content (AvgIpc) is 2.59. The zero-order valence-corrected chi connectivity index (χ0v) is 16.2. The summed E-state index contributed by atoms with van der Waals surface area (Å²) in [4.78, 5) is 25.1. The Bertz CT molecular complexity index is 827. The van der Waals surface area contributed by atoms with E-state index < -0.39 is 23.6 Å². The Morgan fingerprint density at radius 1 is 1.04 bits per heavy atom. The van der Waals surface area contributed by atoms with E-state index in [9.17, 15) is 18.4 Å². The second-order valence-corrected chi connectivity index (χ2v) is 7.39. The van der Waals surface area contributed by atoms with Gasteiger partial charge >= 0.3 is 0 Å². The van der Waals surface area contributed by atoms with Crippen molar-refractivity contribution in [3.63, 3.8) is 0 Å². The molecule has 144 valence electrons. The van der Waals surface area contributed by atoms with Gasteiger partial charge in [-0.1, -0.05) is 18.2 Å². The summed E-state index contributed by atoms with van der Waals surface area (Å²) in [6.45, 7) is 5.37. The fourth-order valence-electron chi connectivity index (χ4n) is 2.49. The number of benzene rings is 2. The van der Waals surface area contributed by atoms with Crippen LogP contribution in [0.5, 0.6) is 0 Å². The van der Waals surface area contributed by atoms with Gasteiger partial charge in [0.25, 0.3) is 5.91 Å². The lowest BCUT2D eigenvalue weighted by Crippen LogP contribution is -2.31. The highest BCUT2D eigenvalue weighted by Gasteiger charge is 2.18. The monoisotopic (exact) mass is 392 g/mol.